The molecule has 4 aliphatic heterocycles. The number of hydrogen-bond donors (Lipinski definition) is 0. The standard InChI is InChI=1S/C36H41N7O3/c1-44-34-7-4-26(18-39-34)21-42-29-14-30(42)23-41(22-29)33-6-5-27(19-38-33)32-15-31(24-43-35(32)28(17-37)20-40-43)45-12-8-25-9-13-46-36(16-25)10-2-3-11-36/h4-7,15,18-20,24-25,29-30H,2-3,8-14,16,21-23H2,1H3. The van der Waals surface area contributed by atoms with Crippen LogP contribution in [0.1, 0.15) is 62.5 Å². The Kier molecular flexibility index (Phi) is 7.75. The van der Waals surface area contributed by atoms with Crippen LogP contribution in [0.3, 0.4) is 0 Å². The zero-order chi connectivity index (χ0) is 31.1. The quantitative estimate of drug-likeness (QED) is 0.236. The maximum atomic E-state index is 9.84. The van der Waals surface area contributed by atoms with Gasteiger partial charge < -0.3 is 19.1 Å². The summed E-state index contributed by atoms with van der Waals surface area (Å²) in [6.45, 7) is 4.33. The summed E-state index contributed by atoms with van der Waals surface area (Å²) in [7, 11) is 1.64. The molecule has 5 aliphatic rings. The molecule has 0 N–H and O–H groups in total. The minimum Gasteiger partial charge on any atom is -0.492 e. The molecule has 2 bridgehead atoms. The Balaban J connectivity index is 0.944. The SMILES string of the molecule is COc1ccc(CN2C3CC2CN(c2ccc(-c4cc(OCCC5CCOC6(CCCC6)C5)cn5ncc(C#N)c45)cn2)C3)cn1. The van der Waals surface area contributed by atoms with Gasteiger partial charge in [0.2, 0.25) is 5.88 Å². The number of anilines is 1. The summed E-state index contributed by atoms with van der Waals surface area (Å²) >= 11 is 0. The van der Waals surface area contributed by atoms with Crippen LogP contribution in [0.25, 0.3) is 16.6 Å². The summed E-state index contributed by atoms with van der Waals surface area (Å²) in [5.41, 5.74) is 4.50. The van der Waals surface area contributed by atoms with E-state index in [-0.39, 0.29) is 5.60 Å². The third kappa shape index (κ3) is 5.56. The van der Waals surface area contributed by atoms with Gasteiger partial charge in [-0.25, -0.2) is 14.5 Å². The number of hydrogen-bond acceptors (Lipinski definition) is 9. The summed E-state index contributed by atoms with van der Waals surface area (Å²) < 4.78 is 19.6. The third-order valence-electron chi connectivity index (χ3n) is 10.7. The molecule has 0 aromatic carbocycles. The van der Waals surface area contributed by atoms with Crippen molar-refractivity contribution in [1.29, 1.82) is 5.26 Å². The molecule has 9 rings (SSSR count). The zero-order valence-corrected chi connectivity index (χ0v) is 26.5. The Morgan fingerprint density at radius 2 is 1.93 bits per heavy atom. The average molecular weight is 620 g/mol. The average Bonchev–Trinajstić information content (AvgIpc) is 3.74. The third-order valence-corrected chi connectivity index (χ3v) is 10.7. The second-order valence-electron chi connectivity index (χ2n) is 13.5. The first-order valence-electron chi connectivity index (χ1n) is 16.7. The molecule has 1 aliphatic carbocycles. The fourth-order valence-electron chi connectivity index (χ4n) is 8.27. The van der Waals surface area contributed by atoms with E-state index in [0.29, 0.717) is 36.1 Å². The van der Waals surface area contributed by atoms with Crippen molar-refractivity contribution >= 4 is 11.3 Å². The molecule has 1 saturated carbocycles. The number of methoxy groups -OCH3 is 1. The second-order valence-corrected chi connectivity index (χ2v) is 13.5. The summed E-state index contributed by atoms with van der Waals surface area (Å²) in [5, 5.41) is 14.3. The molecule has 238 valence electrons. The molecule has 3 atom stereocenters. The molecule has 4 saturated heterocycles. The number of nitrogens with zero attached hydrogens (tertiary/aromatic N) is 7. The minimum absolute atomic E-state index is 0.125. The molecular weight excluding hydrogens is 578 g/mol. The van der Waals surface area contributed by atoms with Gasteiger partial charge in [0.1, 0.15) is 17.6 Å². The Hall–Kier alpha value is -4.20. The Morgan fingerprint density at radius 1 is 1.07 bits per heavy atom. The molecule has 0 radical (unpaired) electrons. The predicted octanol–water partition coefficient (Wildman–Crippen LogP) is 5.64. The molecule has 4 aromatic rings. The molecule has 4 aromatic heterocycles. The Bertz CT molecular complexity index is 1710. The van der Waals surface area contributed by atoms with E-state index in [2.05, 4.69) is 44.2 Å². The largest absolute Gasteiger partial charge is 0.492 e. The van der Waals surface area contributed by atoms with Gasteiger partial charge >= 0.3 is 0 Å². The fourth-order valence-corrected chi connectivity index (χ4v) is 8.27. The number of nitriles is 1. The summed E-state index contributed by atoms with van der Waals surface area (Å²) in [5.74, 6) is 3.02. The van der Waals surface area contributed by atoms with E-state index in [0.717, 1.165) is 73.7 Å². The molecule has 3 unspecified atom stereocenters. The van der Waals surface area contributed by atoms with E-state index in [1.165, 1.54) is 37.7 Å². The number of aromatic nitrogens is 4. The maximum absolute atomic E-state index is 9.84. The smallest absolute Gasteiger partial charge is 0.212 e. The molecule has 1 spiro atoms. The highest BCUT2D eigenvalue weighted by Crippen LogP contribution is 2.43. The lowest BCUT2D eigenvalue weighted by molar-refractivity contribution is -0.0947. The first kappa shape index (κ1) is 29.2. The lowest BCUT2D eigenvalue weighted by Gasteiger charge is -2.56. The molecule has 8 heterocycles. The van der Waals surface area contributed by atoms with Gasteiger partial charge in [-0.05, 0) is 68.2 Å². The van der Waals surface area contributed by atoms with Gasteiger partial charge in [0.05, 0.1) is 42.8 Å². The number of piperidine rings is 1. The van der Waals surface area contributed by atoms with Crippen molar-refractivity contribution < 1.29 is 14.2 Å². The van der Waals surface area contributed by atoms with Gasteiger partial charge in [0.25, 0.3) is 0 Å². The molecule has 46 heavy (non-hydrogen) atoms. The number of pyridine rings is 3. The first-order chi connectivity index (χ1) is 22.6. The zero-order valence-electron chi connectivity index (χ0n) is 26.5. The molecule has 0 amide bonds. The van der Waals surface area contributed by atoms with E-state index >= 15 is 0 Å². The van der Waals surface area contributed by atoms with Crippen LogP contribution in [0.5, 0.6) is 11.6 Å². The highest BCUT2D eigenvalue weighted by molar-refractivity contribution is 5.85. The molecular formula is C36H41N7O3. The second kappa shape index (κ2) is 12.2. The van der Waals surface area contributed by atoms with Crippen LogP contribution in [0, 0.1) is 17.2 Å². The van der Waals surface area contributed by atoms with Gasteiger partial charge in [0.15, 0.2) is 0 Å². The van der Waals surface area contributed by atoms with E-state index in [4.69, 9.17) is 19.2 Å². The van der Waals surface area contributed by atoms with Gasteiger partial charge in [-0.3, -0.25) is 4.90 Å². The topological polar surface area (TPSA) is 101 Å². The van der Waals surface area contributed by atoms with Gasteiger partial charge in [-0.1, -0.05) is 18.9 Å². The Labute approximate surface area is 269 Å². The van der Waals surface area contributed by atoms with Crippen LogP contribution < -0.4 is 14.4 Å². The van der Waals surface area contributed by atoms with Gasteiger partial charge in [0, 0.05) is 67.9 Å². The lowest BCUT2D eigenvalue weighted by atomic mass is 9.83. The van der Waals surface area contributed by atoms with E-state index in [9.17, 15) is 5.26 Å². The van der Waals surface area contributed by atoms with Crippen LogP contribution in [0.15, 0.2) is 55.1 Å². The lowest BCUT2D eigenvalue weighted by Crippen LogP contribution is -2.68. The number of ether oxygens (including phenoxy) is 3. The maximum Gasteiger partial charge on any atom is 0.212 e. The van der Waals surface area contributed by atoms with Crippen LogP contribution in [0.4, 0.5) is 5.82 Å². The normalized spacial score (nSPS) is 23.7. The monoisotopic (exact) mass is 619 g/mol. The highest BCUT2D eigenvalue weighted by atomic mass is 16.5. The molecule has 10 nitrogen and oxygen atoms in total. The van der Waals surface area contributed by atoms with Crippen molar-refractivity contribution in [1.82, 2.24) is 24.5 Å². The summed E-state index contributed by atoms with van der Waals surface area (Å²) in [4.78, 5) is 14.3. The van der Waals surface area contributed by atoms with Crippen LogP contribution >= 0.6 is 0 Å². The van der Waals surface area contributed by atoms with Crippen LogP contribution in [0.2, 0.25) is 0 Å². The van der Waals surface area contributed by atoms with Crippen molar-refractivity contribution in [3.8, 4) is 28.8 Å². The summed E-state index contributed by atoms with van der Waals surface area (Å²) in [6.07, 6.45) is 16.8. The van der Waals surface area contributed by atoms with Gasteiger partial charge in [-0.15, -0.1) is 0 Å². The summed E-state index contributed by atoms with van der Waals surface area (Å²) in [6, 6.07) is 13.6. The number of rotatable bonds is 9. The van der Waals surface area contributed by atoms with E-state index < -0.39 is 0 Å². The van der Waals surface area contributed by atoms with Crippen molar-refractivity contribution in [3.05, 3.63) is 66.2 Å². The molecule has 10 heteroatoms. The van der Waals surface area contributed by atoms with Crippen LogP contribution in [-0.4, -0.2) is 75.6 Å². The first-order valence-corrected chi connectivity index (χ1v) is 16.7. The van der Waals surface area contributed by atoms with Crippen molar-refractivity contribution in [2.75, 3.05) is 38.3 Å². The van der Waals surface area contributed by atoms with Gasteiger partial charge in [-0.2, -0.15) is 10.4 Å². The van der Waals surface area contributed by atoms with Crippen molar-refractivity contribution in [3.63, 3.8) is 0 Å². The van der Waals surface area contributed by atoms with E-state index in [1.54, 1.807) is 17.8 Å². The van der Waals surface area contributed by atoms with Crippen molar-refractivity contribution in [2.24, 2.45) is 5.92 Å². The number of fused-ring (bicyclic) bond motifs is 3. The van der Waals surface area contributed by atoms with Crippen LogP contribution in [-0.2, 0) is 11.3 Å². The molecule has 5 fully saturated rings. The van der Waals surface area contributed by atoms with E-state index in [1.807, 2.05) is 30.7 Å². The highest BCUT2D eigenvalue weighted by Gasteiger charge is 2.44. The van der Waals surface area contributed by atoms with Crippen molar-refractivity contribution in [2.45, 2.75) is 75.6 Å². The Morgan fingerprint density at radius 3 is 2.67 bits per heavy atom. The fraction of sp³-hybridized carbons (Fsp3) is 0.500. The minimum atomic E-state index is 0.125. The predicted molar refractivity (Wildman–Crippen MR) is 174 cm³/mol. The number of piperazine rings is 1.